The van der Waals surface area contributed by atoms with Crippen LogP contribution in [0.5, 0.6) is 0 Å². The Hall–Kier alpha value is -3.12. The number of carboxylic acids is 1. The average molecular weight is 365 g/mol. The lowest BCUT2D eigenvalue weighted by Crippen LogP contribution is -2.27. The Morgan fingerprint density at radius 1 is 1.08 bits per heavy atom. The van der Waals surface area contributed by atoms with Crippen LogP contribution in [0.2, 0.25) is 0 Å². The van der Waals surface area contributed by atoms with E-state index in [0.29, 0.717) is 4.91 Å². The van der Waals surface area contributed by atoms with Gasteiger partial charge in [0.15, 0.2) is 0 Å². The minimum absolute atomic E-state index is 0.0192. The first-order chi connectivity index (χ1) is 12.5. The smallest absolute Gasteiger partial charge is 0.335 e. The lowest BCUT2D eigenvalue weighted by atomic mass is 10.1. The van der Waals surface area contributed by atoms with Gasteiger partial charge >= 0.3 is 5.97 Å². The first kappa shape index (κ1) is 17.7. The molecule has 1 N–H and O–H groups in total. The molecule has 1 saturated heterocycles. The molecule has 0 unspecified atom stereocenters. The number of hydrogen-bond donors (Lipinski definition) is 1. The first-order valence-electron chi connectivity index (χ1n) is 7.80. The van der Waals surface area contributed by atoms with Crippen LogP contribution in [0.3, 0.4) is 0 Å². The van der Waals surface area contributed by atoms with E-state index in [1.165, 1.54) is 18.2 Å². The number of aromatic carboxylic acids is 1. The van der Waals surface area contributed by atoms with Crippen LogP contribution in [-0.2, 0) is 4.79 Å². The monoisotopic (exact) mass is 365 g/mol. The highest BCUT2D eigenvalue weighted by Gasteiger charge is 2.36. The zero-order valence-corrected chi connectivity index (χ0v) is 14.7. The highest BCUT2D eigenvalue weighted by molar-refractivity contribution is 8.18. The molecule has 0 saturated carbocycles. The Bertz CT molecular complexity index is 947. The third kappa shape index (κ3) is 3.75. The Balaban J connectivity index is 1.88. The standard InChI is InChI=1S/C20H15NO4S/c1-13(10-14-6-3-2-4-7-14)11-17-18(22)21(20(25)26-17)16-9-5-8-15(12-16)19(23)24/h2-12H,1H3,(H,23,24)/b13-10+,17-11+. The fraction of sp³-hybridized carbons (Fsp3) is 0.0500. The number of amides is 2. The number of carbonyl (C=O) groups is 3. The third-order valence-corrected chi connectivity index (χ3v) is 4.57. The zero-order valence-electron chi connectivity index (χ0n) is 13.9. The molecule has 2 aromatic rings. The molecule has 1 aliphatic rings. The number of anilines is 1. The quantitative estimate of drug-likeness (QED) is 0.803. The van der Waals surface area contributed by atoms with E-state index >= 15 is 0 Å². The Morgan fingerprint density at radius 3 is 2.50 bits per heavy atom. The van der Waals surface area contributed by atoms with Gasteiger partial charge in [-0.25, -0.2) is 9.69 Å². The predicted molar refractivity (Wildman–Crippen MR) is 102 cm³/mol. The summed E-state index contributed by atoms with van der Waals surface area (Å²) in [5, 5.41) is 8.63. The van der Waals surface area contributed by atoms with Crippen molar-refractivity contribution < 1.29 is 19.5 Å². The van der Waals surface area contributed by atoms with Crippen molar-refractivity contribution in [2.75, 3.05) is 4.90 Å². The third-order valence-electron chi connectivity index (χ3n) is 3.70. The summed E-state index contributed by atoms with van der Waals surface area (Å²) in [6.45, 7) is 1.85. The van der Waals surface area contributed by atoms with E-state index in [4.69, 9.17) is 5.11 Å². The van der Waals surface area contributed by atoms with Crippen molar-refractivity contribution in [2.45, 2.75) is 6.92 Å². The minimum atomic E-state index is -1.11. The average Bonchev–Trinajstić information content (AvgIpc) is 2.89. The van der Waals surface area contributed by atoms with Crippen molar-refractivity contribution in [3.63, 3.8) is 0 Å². The van der Waals surface area contributed by atoms with Gasteiger partial charge in [0.1, 0.15) is 0 Å². The molecule has 0 bridgehead atoms. The number of carboxylic acid groups (broad SMARTS) is 1. The number of nitrogens with zero attached hydrogens (tertiary/aromatic N) is 1. The number of imide groups is 1. The van der Waals surface area contributed by atoms with E-state index < -0.39 is 17.1 Å². The minimum Gasteiger partial charge on any atom is -0.478 e. The van der Waals surface area contributed by atoms with E-state index in [0.717, 1.165) is 27.8 Å². The summed E-state index contributed by atoms with van der Waals surface area (Å²) in [5.41, 5.74) is 2.10. The number of hydrogen-bond acceptors (Lipinski definition) is 4. The summed E-state index contributed by atoms with van der Waals surface area (Å²) < 4.78 is 0. The van der Waals surface area contributed by atoms with Crippen LogP contribution in [-0.4, -0.2) is 22.2 Å². The SMILES string of the molecule is CC(=C\c1ccccc1)/C=C1/SC(=O)N(c2cccc(C(=O)O)c2)C1=O. The van der Waals surface area contributed by atoms with Crippen LogP contribution in [0, 0.1) is 0 Å². The molecule has 130 valence electrons. The van der Waals surface area contributed by atoms with Crippen LogP contribution in [0.25, 0.3) is 6.08 Å². The molecule has 2 amide bonds. The van der Waals surface area contributed by atoms with Gasteiger partial charge in [-0.3, -0.25) is 9.59 Å². The molecule has 3 rings (SSSR count). The number of allylic oxidation sites excluding steroid dienone is 2. The molecular formula is C20H15NO4S. The van der Waals surface area contributed by atoms with Crippen molar-refractivity contribution in [2.24, 2.45) is 0 Å². The first-order valence-corrected chi connectivity index (χ1v) is 8.62. The number of carbonyl (C=O) groups excluding carboxylic acids is 2. The van der Waals surface area contributed by atoms with Gasteiger partial charge in [-0.2, -0.15) is 0 Å². The maximum Gasteiger partial charge on any atom is 0.335 e. The summed E-state index contributed by atoms with van der Waals surface area (Å²) in [6, 6.07) is 15.4. The predicted octanol–water partition coefficient (Wildman–Crippen LogP) is 4.57. The van der Waals surface area contributed by atoms with Gasteiger partial charge in [-0.05, 0) is 54.1 Å². The number of rotatable bonds is 4. The topological polar surface area (TPSA) is 74.7 Å². The molecule has 0 aromatic heterocycles. The molecule has 1 heterocycles. The van der Waals surface area contributed by atoms with E-state index in [2.05, 4.69) is 0 Å². The molecule has 0 aliphatic carbocycles. The van der Waals surface area contributed by atoms with E-state index in [9.17, 15) is 14.4 Å². The molecule has 1 fully saturated rings. The molecule has 5 nitrogen and oxygen atoms in total. The van der Waals surface area contributed by atoms with Crippen molar-refractivity contribution >= 4 is 40.6 Å². The van der Waals surface area contributed by atoms with Crippen LogP contribution >= 0.6 is 11.8 Å². The van der Waals surface area contributed by atoms with Gasteiger partial charge in [0.05, 0.1) is 16.2 Å². The molecule has 26 heavy (non-hydrogen) atoms. The van der Waals surface area contributed by atoms with Crippen LogP contribution in [0.15, 0.2) is 71.2 Å². The van der Waals surface area contributed by atoms with Crippen molar-refractivity contribution in [3.05, 3.63) is 82.3 Å². The van der Waals surface area contributed by atoms with Crippen molar-refractivity contribution in [1.82, 2.24) is 0 Å². The lowest BCUT2D eigenvalue weighted by molar-refractivity contribution is -0.113. The van der Waals surface area contributed by atoms with Crippen molar-refractivity contribution in [1.29, 1.82) is 0 Å². The fourth-order valence-electron chi connectivity index (χ4n) is 2.53. The fourth-order valence-corrected chi connectivity index (χ4v) is 3.42. The molecule has 1 aliphatic heterocycles. The van der Waals surface area contributed by atoms with E-state index in [1.54, 1.807) is 12.1 Å². The highest BCUT2D eigenvalue weighted by Crippen LogP contribution is 2.35. The largest absolute Gasteiger partial charge is 0.478 e. The van der Waals surface area contributed by atoms with Crippen LogP contribution < -0.4 is 4.90 Å². The summed E-state index contributed by atoms with van der Waals surface area (Å²) in [5.74, 6) is -1.57. The van der Waals surface area contributed by atoms with Crippen LogP contribution in [0.4, 0.5) is 10.5 Å². The van der Waals surface area contributed by atoms with Crippen molar-refractivity contribution in [3.8, 4) is 0 Å². The molecule has 2 aromatic carbocycles. The molecule has 0 radical (unpaired) electrons. The number of benzene rings is 2. The lowest BCUT2D eigenvalue weighted by Gasteiger charge is -2.12. The molecule has 0 atom stereocenters. The highest BCUT2D eigenvalue weighted by atomic mass is 32.2. The summed E-state index contributed by atoms with van der Waals surface area (Å²) in [7, 11) is 0. The van der Waals surface area contributed by atoms with Gasteiger partial charge < -0.3 is 5.11 Å². The molecule has 6 heteroatoms. The van der Waals surface area contributed by atoms with E-state index in [1.807, 2.05) is 43.3 Å². The second-order valence-electron chi connectivity index (χ2n) is 5.67. The summed E-state index contributed by atoms with van der Waals surface area (Å²) >= 11 is 0.840. The van der Waals surface area contributed by atoms with Gasteiger partial charge in [-0.15, -0.1) is 0 Å². The van der Waals surface area contributed by atoms with Crippen LogP contribution in [0.1, 0.15) is 22.8 Å². The van der Waals surface area contributed by atoms with Gasteiger partial charge in [0, 0.05) is 0 Å². The van der Waals surface area contributed by atoms with E-state index in [-0.39, 0.29) is 11.3 Å². The Labute approximate surface area is 154 Å². The Kier molecular flexibility index (Phi) is 5.04. The van der Waals surface area contributed by atoms with Gasteiger partial charge in [0.2, 0.25) is 0 Å². The second kappa shape index (κ2) is 7.41. The zero-order chi connectivity index (χ0) is 18.7. The normalized spacial score (nSPS) is 16.4. The molecule has 0 spiro atoms. The maximum atomic E-state index is 12.6. The number of thioether (sulfide) groups is 1. The summed E-state index contributed by atoms with van der Waals surface area (Å²) in [4.78, 5) is 37.3. The van der Waals surface area contributed by atoms with Gasteiger partial charge in [-0.1, -0.05) is 42.5 Å². The maximum absolute atomic E-state index is 12.6. The summed E-state index contributed by atoms with van der Waals surface area (Å²) in [6.07, 6.45) is 3.58. The molecular weight excluding hydrogens is 350 g/mol. The second-order valence-corrected chi connectivity index (χ2v) is 6.66. The van der Waals surface area contributed by atoms with Gasteiger partial charge in [0.25, 0.3) is 11.1 Å². The Morgan fingerprint density at radius 2 is 1.81 bits per heavy atom.